The lowest BCUT2D eigenvalue weighted by atomic mass is 10.2. The fourth-order valence-corrected chi connectivity index (χ4v) is 0.801. The molecule has 0 bridgehead atoms. The van der Waals surface area contributed by atoms with E-state index in [2.05, 4.69) is 22.6 Å². The summed E-state index contributed by atoms with van der Waals surface area (Å²) in [6.45, 7) is 5.88. The predicted octanol–water partition coefficient (Wildman–Crippen LogP) is 2.76. The van der Waals surface area contributed by atoms with Crippen LogP contribution in [0.2, 0.25) is 0 Å². The third kappa shape index (κ3) is 8.10. The molecule has 3 nitrogen and oxygen atoms in total. The summed E-state index contributed by atoms with van der Waals surface area (Å²) in [4.78, 5) is 10.9. The predicted molar refractivity (Wildman–Crippen MR) is 55.7 cm³/mol. The molecule has 0 aliphatic rings. The van der Waals surface area contributed by atoms with Gasteiger partial charge in [-0.15, -0.1) is 0 Å². The second-order valence-corrected chi connectivity index (χ2v) is 4.43. The van der Waals surface area contributed by atoms with Crippen molar-refractivity contribution < 1.29 is 14.3 Å². The molecule has 0 aliphatic heterocycles. The molecule has 0 heterocycles. The Labute approximate surface area is 86.9 Å². The van der Waals surface area contributed by atoms with E-state index in [1.54, 1.807) is 0 Å². The van der Waals surface area contributed by atoms with Crippen molar-refractivity contribution in [1.29, 1.82) is 0 Å². The number of carbonyl (C=O) groups is 1. The number of alkyl halides is 1. The second kappa shape index (κ2) is 5.61. The van der Waals surface area contributed by atoms with Gasteiger partial charge in [0.1, 0.15) is 5.60 Å². The third-order valence-electron chi connectivity index (χ3n) is 0.887. The monoisotopic (exact) mass is 286 g/mol. The van der Waals surface area contributed by atoms with Gasteiger partial charge < -0.3 is 9.47 Å². The van der Waals surface area contributed by atoms with Crippen molar-refractivity contribution in [2.45, 2.75) is 32.8 Å². The minimum absolute atomic E-state index is 0.442. The van der Waals surface area contributed by atoms with E-state index >= 15 is 0 Å². The molecule has 0 spiro atoms. The van der Waals surface area contributed by atoms with Gasteiger partial charge in [0.25, 0.3) is 0 Å². The fraction of sp³-hybridized carbons (Fsp3) is 0.875. The third-order valence-corrected chi connectivity index (χ3v) is 1.65. The number of ether oxygens (including phenoxy) is 2. The van der Waals surface area contributed by atoms with E-state index in [0.29, 0.717) is 6.61 Å². The highest BCUT2D eigenvalue weighted by Gasteiger charge is 2.16. The van der Waals surface area contributed by atoms with Gasteiger partial charge in [0.2, 0.25) is 0 Å². The van der Waals surface area contributed by atoms with Crippen LogP contribution < -0.4 is 0 Å². The molecule has 0 rings (SSSR count). The van der Waals surface area contributed by atoms with Crippen LogP contribution in [-0.2, 0) is 9.47 Å². The zero-order chi connectivity index (χ0) is 9.61. The van der Waals surface area contributed by atoms with Crippen molar-refractivity contribution in [2.24, 2.45) is 0 Å². The molecule has 0 aromatic heterocycles. The van der Waals surface area contributed by atoms with Gasteiger partial charge in [0, 0.05) is 4.43 Å². The fourth-order valence-electron chi connectivity index (χ4n) is 0.490. The summed E-state index contributed by atoms with van der Waals surface area (Å²) in [5.74, 6) is 0. The molecule has 0 saturated carbocycles. The summed E-state index contributed by atoms with van der Waals surface area (Å²) < 4.78 is 10.7. The zero-order valence-corrected chi connectivity index (χ0v) is 9.88. The van der Waals surface area contributed by atoms with Crippen molar-refractivity contribution >= 4 is 28.7 Å². The summed E-state index contributed by atoms with van der Waals surface area (Å²) in [5.41, 5.74) is -0.457. The molecule has 4 heteroatoms. The molecule has 0 aromatic carbocycles. The Morgan fingerprint density at radius 1 is 1.42 bits per heavy atom. The number of carbonyl (C=O) groups excluding carboxylic acids is 1. The Morgan fingerprint density at radius 3 is 2.42 bits per heavy atom. The molecular weight excluding hydrogens is 271 g/mol. The van der Waals surface area contributed by atoms with E-state index in [1.165, 1.54) is 0 Å². The maximum absolute atomic E-state index is 10.9. The number of halogens is 1. The Morgan fingerprint density at radius 2 is 2.00 bits per heavy atom. The first-order valence-electron chi connectivity index (χ1n) is 3.87. The first kappa shape index (κ1) is 12.0. The molecule has 12 heavy (non-hydrogen) atoms. The van der Waals surface area contributed by atoms with Crippen LogP contribution in [-0.4, -0.2) is 22.8 Å². The van der Waals surface area contributed by atoms with E-state index in [-0.39, 0.29) is 0 Å². The van der Waals surface area contributed by atoms with Crippen LogP contribution in [0.4, 0.5) is 4.79 Å². The quantitative estimate of drug-likeness (QED) is 0.346. The lowest BCUT2D eigenvalue weighted by molar-refractivity contribution is -0.00685. The van der Waals surface area contributed by atoms with Gasteiger partial charge in [-0.25, -0.2) is 4.79 Å². The van der Waals surface area contributed by atoms with Crippen LogP contribution in [0.5, 0.6) is 0 Å². The maximum atomic E-state index is 10.9. The number of rotatable bonds is 3. The minimum atomic E-state index is -0.577. The van der Waals surface area contributed by atoms with E-state index in [1.807, 2.05) is 20.8 Å². The molecule has 0 radical (unpaired) electrons. The maximum Gasteiger partial charge on any atom is 0.508 e. The van der Waals surface area contributed by atoms with Crippen molar-refractivity contribution in [3.63, 3.8) is 0 Å². The van der Waals surface area contributed by atoms with E-state index < -0.39 is 11.8 Å². The SMILES string of the molecule is CC(C)(C)OC(=O)OCCCI. The summed E-state index contributed by atoms with van der Waals surface area (Å²) in [5, 5.41) is 0. The molecule has 72 valence electrons. The van der Waals surface area contributed by atoms with Crippen LogP contribution >= 0.6 is 22.6 Å². The lowest BCUT2D eigenvalue weighted by Gasteiger charge is -2.18. The van der Waals surface area contributed by atoms with Crippen molar-refractivity contribution in [3.8, 4) is 0 Å². The molecule has 0 aromatic rings. The van der Waals surface area contributed by atoms with E-state index in [9.17, 15) is 4.79 Å². The Kier molecular flexibility index (Phi) is 5.61. The molecule has 0 unspecified atom stereocenters. The highest BCUT2D eigenvalue weighted by molar-refractivity contribution is 14.1. The molecule has 0 aliphatic carbocycles. The van der Waals surface area contributed by atoms with Crippen molar-refractivity contribution in [3.05, 3.63) is 0 Å². The number of hydrogen-bond acceptors (Lipinski definition) is 3. The minimum Gasteiger partial charge on any atom is -0.434 e. The molecular formula is C8H15IO3. The normalized spacial score (nSPS) is 11.0. The summed E-state index contributed by atoms with van der Waals surface area (Å²) in [7, 11) is 0. The van der Waals surface area contributed by atoms with Crippen molar-refractivity contribution in [1.82, 2.24) is 0 Å². The molecule has 0 amide bonds. The average molecular weight is 286 g/mol. The van der Waals surface area contributed by atoms with Gasteiger partial charge in [-0.05, 0) is 27.2 Å². The van der Waals surface area contributed by atoms with Gasteiger partial charge >= 0.3 is 6.16 Å². The van der Waals surface area contributed by atoms with Gasteiger partial charge in [-0.1, -0.05) is 22.6 Å². The Balaban J connectivity index is 3.47. The smallest absolute Gasteiger partial charge is 0.434 e. The lowest BCUT2D eigenvalue weighted by Crippen LogP contribution is -2.24. The van der Waals surface area contributed by atoms with Crippen molar-refractivity contribution in [2.75, 3.05) is 11.0 Å². The summed E-state index contributed by atoms with van der Waals surface area (Å²) in [6, 6.07) is 0. The van der Waals surface area contributed by atoms with Crippen LogP contribution in [0.3, 0.4) is 0 Å². The number of hydrogen-bond donors (Lipinski definition) is 0. The van der Waals surface area contributed by atoms with Gasteiger partial charge in [0.05, 0.1) is 6.61 Å². The van der Waals surface area contributed by atoms with Gasteiger partial charge in [-0.3, -0.25) is 0 Å². The van der Waals surface area contributed by atoms with Crippen LogP contribution in [0.25, 0.3) is 0 Å². The average Bonchev–Trinajstić information content (AvgIpc) is 1.84. The Bertz CT molecular complexity index is 140. The highest BCUT2D eigenvalue weighted by Crippen LogP contribution is 2.08. The summed E-state index contributed by atoms with van der Waals surface area (Å²) in [6.07, 6.45) is 0.298. The first-order valence-corrected chi connectivity index (χ1v) is 5.40. The standard InChI is InChI=1S/C8H15IO3/c1-8(2,3)12-7(10)11-6-4-5-9/h4-6H2,1-3H3. The molecule has 0 fully saturated rings. The largest absolute Gasteiger partial charge is 0.508 e. The summed E-state index contributed by atoms with van der Waals surface area (Å²) >= 11 is 2.23. The second-order valence-electron chi connectivity index (χ2n) is 3.36. The first-order chi connectivity index (χ1) is 5.45. The highest BCUT2D eigenvalue weighted by atomic mass is 127. The Hall–Kier alpha value is 0. The van der Waals surface area contributed by atoms with Crippen LogP contribution in [0, 0.1) is 0 Å². The van der Waals surface area contributed by atoms with Gasteiger partial charge in [0.15, 0.2) is 0 Å². The van der Waals surface area contributed by atoms with Gasteiger partial charge in [-0.2, -0.15) is 0 Å². The zero-order valence-electron chi connectivity index (χ0n) is 7.72. The van der Waals surface area contributed by atoms with Crippen LogP contribution in [0.15, 0.2) is 0 Å². The molecule has 0 N–H and O–H groups in total. The molecule has 0 saturated heterocycles. The van der Waals surface area contributed by atoms with E-state index in [0.717, 1.165) is 10.8 Å². The van der Waals surface area contributed by atoms with Crippen LogP contribution in [0.1, 0.15) is 27.2 Å². The molecule has 0 atom stereocenters. The topological polar surface area (TPSA) is 35.5 Å². The van der Waals surface area contributed by atoms with E-state index in [4.69, 9.17) is 9.47 Å².